The molecule has 0 radical (unpaired) electrons. The van der Waals surface area contributed by atoms with Crippen molar-refractivity contribution in [3.8, 4) is 0 Å². The number of Topliss-reactive ketones (excluding diaryl/α,β-unsaturated/α-hetero) is 1. The van der Waals surface area contributed by atoms with E-state index in [2.05, 4.69) is 5.10 Å². The number of methoxy groups -OCH3 is 1. The number of aromatic nitrogens is 2. The number of nitrogens with zero attached hydrogens (tertiary/aromatic N) is 2. The summed E-state index contributed by atoms with van der Waals surface area (Å²) in [6.45, 7) is 3.29. The fourth-order valence-electron chi connectivity index (χ4n) is 1.58. The van der Waals surface area contributed by atoms with Crippen LogP contribution in [0.3, 0.4) is 0 Å². The predicted molar refractivity (Wildman–Crippen MR) is 69.0 cm³/mol. The zero-order valence-corrected chi connectivity index (χ0v) is 11.8. The Labute approximate surface area is 112 Å². The summed E-state index contributed by atoms with van der Waals surface area (Å²) in [5, 5.41) is 4.74. The SMILES string of the molecule is COCCOCCC(=O)Cc1c(Cl)c(C)nn1C. The molecule has 6 heteroatoms. The van der Waals surface area contributed by atoms with E-state index in [1.165, 1.54) is 0 Å². The second kappa shape index (κ2) is 7.51. The molecule has 1 aromatic rings. The highest BCUT2D eigenvalue weighted by Crippen LogP contribution is 2.20. The molecule has 102 valence electrons. The molecule has 0 aliphatic carbocycles. The monoisotopic (exact) mass is 274 g/mol. The largest absolute Gasteiger partial charge is 0.382 e. The molecule has 0 fully saturated rings. The van der Waals surface area contributed by atoms with E-state index in [-0.39, 0.29) is 5.78 Å². The van der Waals surface area contributed by atoms with Crippen LogP contribution < -0.4 is 0 Å². The van der Waals surface area contributed by atoms with Crippen LogP contribution in [-0.2, 0) is 27.7 Å². The number of hydrogen-bond donors (Lipinski definition) is 0. The van der Waals surface area contributed by atoms with Crippen molar-refractivity contribution in [2.75, 3.05) is 26.9 Å². The summed E-state index contributed by atoms with van der Waals surface area (Å²) >= 11 is 6.08. The zero-order chi connectivity index (χ0) is 13.5. The maximum atomic E-state index is 11.7. The van der Waals surface area contributed by atoms with Gasteiger partial charge in [-0.15, -0.1) is 0 Å². The van der Waals surface area contributed by atoms with E-state index in [1.807, 2.05) is 6.92 Å². The number of carbonyl (C=O) groups excluding carboxylic acids is 1. The van der Waals surface area contributed by atoms with Gasteiger partial charge in [-0.2, -0.15) is 5.10 Å². The Morgan fingerprint density at radius 2 is 2.11 bits per heavy atom. The molecule has 0 unspecified atom stereocenters. The molecule has 18 heavy (non-hydrogen) atoms. The van der Waals surface area contributed by atoms with Gasteiger partial charge in [0, 0.05) is 27.0 Å². The average Bonchev–Trinajstić information content (AvgIpc) is 2.56. The van der Waals surface area contributed by atoms with Gasteiger partial charge >= 0.3 is 0 Å². The highest BCUT2D eigenvalue weighted by Gasteiger charge is 2.14. The van der Waals surface area contributed by atoms with Crippen molar-refractivity contribution in [3.63, 3.8) is 0 Å². The van der Waals surface area contributed by atoms with Gasteiger partial charge in [0.25, 0.3) is 0 Å². The van der Waals surface area contributed by atoms with Crippen molar-refractivity contribution in [3.05, 3.63) is 16.4 Å². The van der Waals surface area contributed by atoms with Gasteiger partial charge in [0.05, 0.1) is 36.2 Å². The molecule has 0 aliphatic rings. The molecule has 0 saturated carbocycles. The van der Waals surface area contributed by atoms with Crippen LogP contribution in [0.5, 0.6) is 0 Å². The molecule has 1 rings (SSSR count). The van der Waals surface area contributed by atoms with E-state index in [0.717, 1.165) is 11.4 Å². The summed E-state index contributed by atoms with van der Waals surface area (Å²) in [5.74, 6) is 0.0947. The third-order valence-corrected chi connectivity index (χ3v) is 3.07. The van der Waals surface area contributed by atoms with Crippen molar-refractivity contribution in [2.45, 2.75) is 19.8 Å². The van der Waals surface area contributed by atoms with Gasteiger partial charge in [-0.1, -0.05) is 11.6 Å². The van der Waals surface area contributed by atoms with Gasteiger partial charge in [-0.25, -0.2) is 0 Å². The first-order valence-corrected chi connectivity index (χ1v) is 6.20. The molecule has 0 amide bonds. The van der Waals surface area contributed by atoms with Gasteiger partial charge in [-0.05, 0) is 6.92 Å². The molecule has 0 bridgehead atoms. The predicted octanol–water partition coefficient (Wildman–Crippen LogP) is 1.55. The van der Waals surface area contributed by atoms with Crippen LogP contribution >= 0.6 is 11.6 Å². The lowest BCUT2D eigenvalue weighted by atomic mass is 10.1. The van der Waals surface area contributed by atoms with Crippen molar-refractivity contribution in [1.82, 2.24) is 9.78 Å². The number of hydrogen-bond acceptors (Lipinski definition) is 4. The third-order valence-electron chi connectivity index (χ3n) is 2.58. The van der Waals surface area contributed by atoms with Crippen molar-refractivity contribution in [2.24, 2.45) is 7.05 Å². The van der Waals surface area contributed by atoms with Gasteiger partial charge in [0.15, 0.2) is 0 Å². The summed E-state index contributed by atoms with van der Waals surface area (Å²) in [6, 6.07) is 0. The normalized spacial score (nSPS) is 10.9. The lowest BCUT2D eigenvalue weighted by Gasteiger charge is -2.04. The number of carbonyl (C=O) groups is 1. The molecular weight excluding hydrogens is 256 g/mol. The standard InChI is InChI=1S/C12H19ClN2O3/c1-9-12(13)11(15(2)14-9)8-10(16)4-5-18-7-6-17-3/h4-8H2,1-3H3. The quantitative estimate of drug-likeness (QED) is 0.675. The van der Waals surface area contributed by atoms with Gasteiger partial charge in [0.2, 0.25) is 0 Å². The average molecular weight is 275 g/mol. The Morgan fingerprint density at radius 1 is 1.39 bits per heavy atom. The number of ketones is 1. The maximum absolute atomic E-state index is 11.7. The van der Waals surface area contributed by atoms with E-state index < -0.39 is 0 Å². The minimum atomic E-state index is 0.0947. The lowest BCUT2D eigenvalue weighted by Crippen LogP contribution is -2.12. The molecule has 5 nitrogen and oxygen atoms in total. The minimum Gasteiger partial charge on any atom is -0.382 e. The van der Waals surface area contributed by atoms with Crippen molar-refractivity contribution in [1.29, 1.82) is 0 Å². The molecule has 0 saturated heterocycles. The van der Waals surface area contributed by atoms with Crippen molar-refractivity contribution < 1.29 is 14.3 Å². The molecule has 0 N–H and O–H groups in total. The topological polar surface area (TPSA) is 53.4 Å². The van der Waals surface area contributed by atoms with E-state index in [4.69, 9.17) is 21.1 Å². The molecule has 0 atom stereocenters. The third kappa shape index (κ3) is 4.40. The van der Waals surface area contributed by atoms with Gasteiger partial charge < -0.3 is 9.47 Å². The summed E-state index contributed by atoms with van der Waals surface area (Å²) in [6.07, 6.45) is 0.675. The summed E-state index contributed by atoms with van der Waals surface area (Å²) in [4.78, 5) is 11.7. The summed E-state index contributed by atoms with van der Waals surface area (Å²) < 4.78 is 11.7. The fourth-order valence-corrected chi connectivity index (χ4v) is 1.80. The van der Waals surface area contributed by atoms with E-state index in [0.29, 0.717) is 37.7 Å². The van der Waals surface area contributed by atoms with Gasteiger partial charge in [0.1, 0.15) is 5.78 Å². The van der Waals surface area contributed by atoms with Gasteiger partial charge in [-0.3, -0.25) is 9.48 Å². The second-order valence-electron chi connectivity index (χ2n) is 4.04. The van der Waals surface area contributed by atoms with Crippen LogP contribution in [0.2, 0.25) is 5.02 Å². The van der Waals surface area contributed by atoms with Crippen molar-refractivity contribution >= 4 is 17.4 Å². The Bertz CT molecular complexity index is 404. The smallest absolute Gasteiger partial charge is 0.141 e. The number of halogens is 1. The highest BCUT2D eigenvalue weighted by atomic mass is 35.5. The lowest BCUT2D eigenvalue weighted by molar-refractivity contribution is -0.119. The zero-order valence-electron chi connectivity index (χ0n) is 11.0. The summed E-state index contributed by atoms with van der Waals surface area (Å²) in [5.41, 5.74) is 1.51. The van der Waals surface area contributed by atoms with E-state index in [9.17, 15) is 4.79 Å². The summed E-state index contributed by atoms with van der Waals surface area (Å²) in [7, 11) is 3.40. The number of aryl methyl sites for hydroxylation is 2. The Morgan fingerprint density at radius 3 is 2.67 bits per heavy atom. The van der Waals surface area contributed by atoms with E-state index >= 15 is 0 Å². The molecule has 1 aromatic heterocycles. The molecular formula is C12H19ClN2O3. The van der Waals surface area contributed by atoms with Crippen LogP contribution in [0, 0.1) is 6.92 Å². The first kappa shape index (κ1) is 15.1. The first-order chi connectivity index (χ1) is 8.56. The van der Waals surface area contributed by atoms with Crippen LogP contribution in [0.4, 0.5) is 0 Å². The van der Waals surface area contributed by atoms with Crippen LogP contribution in [-0.4, -0.2) is 42.5 Å². The number of ether oxygens (including phenoxy) is 2. The molecule has 0 aromatic carbocycles. The Hall–Kier alpha value is -0.910. The first-order valence-electron chi connectivity index (χ1n) is 5.82. The minimum absolute atomic E-state index is 0.0947. The maximum Gasteiger partial charge on any atom is 0.141 e. The molecule has 0 aliphatic heterocycles. The Kier molecular flexibility index (Phi) is 6.32. The molecule has 1 heterocycles. The van der Waals surface area contributed by atoms with E-state index in [1.54, 1.807) is 18.8 Å². The van der Waals surface area contributed by atoms with Crippen LogP contribution in [0.1, 0.15) is 17.8 Å². The second-order valence-corrected chi connectivity index (χ2v) is 4.42. The van der Waals surface area contributed by atoms with Crippen LogP contribution in [0.15, 0.2) is 0 Å². The fraction of sp³-hybridized carbons (Fsp3) is 0.667. The van der Waals surface area contributed by atoms with Crippen LogP contribution in [0.25, 0.3) is 0 Å². The number of rotatable bonds is 8. The molecule has 0 spiro atoms. The Balaban J connectivity index is 2.36. The highest BCUT2D eigenvalue weighted by molar-refractivity contribution is 6.32.